The minimum atomic E-state index is -1.04. The lowest BCUT2D eigenvalue weighted by atomic mass is 10.00. The topological polar surface area (TPSA) is 128 Å². The SMILES string of the molecule is Cc1nc2cnc(N(C)C3CCN(C)CC3)c(C#N)c2c(=O)n1CC#Cc1ccc(Cl)cc1-c1ccnc2c(C(=O)O)csc12. The van der Waals surface area contributed by atoms with E-state index in [0.717, 1.165) is 37.1 Å². The fourth-order valence-electron chi connectivity index (χ4n) is 5.78. The van der Waals surface area contributed by atoms with Crippen molar-refractivity contribution < 1.29 is 9.90 Å². The van der Waals surface area contributed by atoms with Crippen LogP contribution in [0.5, 0.6) is 0 Å². The maximum Gasteiger partial charge on any atom is 0.338 e. The monoisotopic (exact) mass is 637 g/mol. The fourth-order valence-corrected chi connectivity index (χ4v) is 6.98. The maximum absolute atomic E-state index is 13.9. The van der Waals surface area contributed by atoms with Gasteiger partial charge in [-0.2, -0.15) is 5.26 Å². The predicted octanol–water partition coefficient (Wildman–Crippen LogP) is 5.18. The normalized spacial score (nSPS) is 13.8. The first-order valence-corrected chi connectivity index (χ1v) is 15.5. The summed E-state index contributed by atoms with van der Waals surface area (Å²) in [5.74, 6) is 6.17. The number of carbonyl (C=O) groups is 1. The number of carboxylic acids is 1. The number of hydrogen-bond donors (Lipinski definition) is 1. The van der Waals surface area contributed by atoms with E-state index in [1.165, 1.54) is 15.9 Å². The molecule has 226 valence electrons. The quantitative estimate of drug-likeness (QED) is 0.259. The van der Waals surface area contributed by atoms with Crippen molar-refractivity contribution in [3.05, 3.63) is 79.9 Å². The molecule has 5 aromatic rings. The minimum Gasteiger partial charge on any atom is -0.478 e. The zero-order valence-corrected chi connectivity index (χ0v) is 26.4. The van der Waals surface area contributed by atoms with Gasteiger partial charge in [0.2, 0.25) is 0 Å². The highest BCUT2D eigenvalue weighted by Gasteiger charge is 2.26. The summed E-state index contributed by atoms with van der Waals surface area (Å²) >= 11 is 7.67. The highest BCUT2D eigenvalue weighted by atomic mass is 35.5. The Morgan fingerprint density at radius 3 is 2.73 bits per heavy atom. The van der Waals surface area contributed by atoms with Crippen LogP contribution in [-0.4, -0.2) is 68.7 Å². The Morgan fingerprint density at radius 1 is 1.22 bits per heavy atom. The fraction of sp³-hybridized carbons (Fsp3) is 0.273. The molecule has 6 rings (SSSR count). The van der Waals surface area contributed by atoms with E-state index in [1.807, 2.05) is 11.9 Å². The lowest BCUT2D eigenvalue weighted by Gasteiger charge is -2.36. The van der Waals surface area contributed by atoms with Crippen molar-refractivity contribution in [2.75, 3.05) is 32.1 Å². The number of hydrogen-bond acceptors (Lipinski definition) is 9. The lowest BCUT2D eigenvalue weighted by Crippen LogP contribution is -2.42. The number of benzene rings is 1. The molecule has 1 aromatic carbocycles. The van der Waals surface area contributed by atoms with Gasteiger partial charge in [-0.15, -0.1) is 11.3 Å². The Kier molecular flexibility index (Phi) is 8.26. The largest absolute Gasteiger partial charge is 0.478 e. The van der Waals surface area contributed by atoms with Crippen LogP contribution in [0.3, 0.4) is 0 Å². The number of halogens is 1. The van der Waals surface area contributed by atoms with Crippen LogP contribution in [0.25, 0.3) is 32.2 Å². The second kappa shape index (κ2) is 12.3. The third kappa shape index (κ3) is 5.62. The molecular weight excluding hydrogens is 610 g/mol. The highest BCUT2D eigenvalue weighted by molar-refractivity contribution is 7.18. The van der Waals surface area contributed by atoms with E-state index >= 15 is 0 Å². The molecule has 5 heterocycles. The van der Waals surface area contributed by atoms with Gasteiger partial charge < -0.3 is 14.9 Å². The Labute approximate surface area is 268 Å². The summed E-state index contributed by atoms with van der Waals surface area (Å²) < 4.78 is 2.18. The molecule has 0 unspecified atom stereocenters. The summed E-state index contributed by atoms with van der Waals surface area (Å²) in [4.78, 5) is 43.3. The minimum absolute atomic E-state index is 0.0386. The van der Waals surface area contributed by atoms with E-state index in [9.17, 15) is 20.0 Å². The summed E-state index contributed by atoms with van der Waals surface area (Å²) in [6, 6.07) is 9.56. The number of aromatic carboxylic acids is 1. The molecule has 0 aliphatic carbocycles. The van der Waals surface area contributed by atoms with Crippen LogP contribution in [0.1, 0.15) is 40.2 Å². The summed E-state index contributed by atoms with van der Waals surface area (Å²) in [6.45, 7) is 3.67. The van der Waals surface area contributed by atoms with Crippen molar-refractivity contribution in [2.45, 2.75) is 32.4 Å². The Hall–Kier alpha value is -4.81. The molecule has 10 nitrogen and oxygen atoms in total. The van der Waals surface area contributed by atoms with Gasteiger partial charge in [0, 0.05) is 46.4 Å². The number of rotatable bonds is 5. The molecule has 1 aliphatic heterocycles. The van der Waals surface area contributed by atoms with E-state index in [0.29, 0.717) is 38.0 Å². The van der Waals surface area contributed by atoms with Crippen LogP contribution in [0.15, 0.2) is 46.8 Å². The van der Waals surface area contributed by atoms with E-state index in [2.05, 4.69) is 44.8 Å². The van der Waals surface area contributed by atoms with Crippen molar-refractivity contribution in [1.29, 1.82) is 5.26 Å². The van der Waals surface area contributed by atoms with Crippen LogP contribution >= 0.6 is 22.9 Å². The number of thiophene rings is 1. The first-order valence-electron chi connectivity index (χ1n) is 14.3. The Morgan fingerprint density at radius 2 is 2.00 bits per heavy atom. The first-order chi connectivity index (χ1) is 21.7. The molecule has 0 atom stereocenters. The van der Waals surface area contributed by atoms with Crippen LogP contribution in [-0.2, 0) is 6.54 Å². The number of likely N-dealkylation sites (tertiary alicyclic amines) is 1. The zero-order valence-electron chi connectivity index (χ0n) is 24.8. The standard InChI is InChI=1S/C33H28ClN7O3S/c1-19-38-27-17-37-31(40(3)22-9-13-39(2)14-10-22)25(16-35)28(27)32(42)41(19)12-4-5-20-6-7-21(34)15-24(20)23-8-11-36-29-26(33(43)44)18-45-30(23)29/h6-8,11,15,17-18,22H,9-10,12-14H2,1-3H3,(H,43,44). The zero-order chi connectivity index (χ0) is 31.8. The molecule has 1 N–H and O–H groups in total. The highest BCUT2D eigenvalue weighted by Crippen LogP contribution is 2.36. The van der Waals surface area contributed by atoms with Gasteiger partial charge in [-0.25, -0.2) is 14.8 Å². The van der Waals surface area contributed by atoms with Crippen LogP contribution in [0.2, 0.25) is 5.02 Å². The number of carboxylic acid groups (broad SMARTS) is 1. The van der Waals surface area contributed by atoms with Gasteiger partial charge in [-0.1, -0.05) is 23.4 Å². The van der Waals surface area contributed by atoms with Crippen molar-refractivity contribution in [3.63, 3.8) is 0 Å². The van der Waals surface area contributed by atoms with Crippen LogP contribution in [0, 0.1) is 30.1 Å². The number of piperidine rings is 1. The van der Waals surface area contributed by atoms with Gasteiger partial charge in [0.05, 0.1) is 39.4 Å². The maximum atomic E-state index is 13.9. The van der Waals surface area contributed by atoms with E-state index in [4.69, 9.17) is 11.6 Å². The van der Waals surface area contributed by atoms with Crippen LogP contribution < -0.4 is 10.5 Å². The van der Waals surface area contributed by atoms with Crippen molar-refractivity contribution in [2.24, 2.45) is 0 Å². The molecule has 45 heavy (non-hydrogen) atoms. The van der Waals surface area contributed by atoms with Crippen molar-refractivity contribution >= 4 is 55.8 Å². The summed E-state index contributed by atoms with van der Waals surface area (Å²) in [6.07, 6.45) is 5.01. The number of aromatic nitrogens is 4. The first kappa shape index (κ1) is 30.2. The molecule has 0 radical (unpaired) electrons. The van der Waals surface area contributed by atoms with Crippen molar-refractivity contribution in [1.82, 2.24) is 24.4 Å². The third-order valence-corrected chi connectivity index (χ3v) is 9.51. The van der Waals surface area contributed by atoms with Gasteiger partial charge in [-0.05, 0) is 64.2 Å². The van der Waals surface area contributed by atoms with E-state index in [1.54, 1.807) is 49.0 Å². The molecule has 4 aromatic heterocycles. The molecule has 1 fully saturated rings. The van der Waals surface area contributed by atoms with Gasteiger partial charge in [0.15, 0.2) is 0 Å². The predicted molar refractivity (Wildman–Crippen MR) is 176 cm³/mol. The van der Waals surface area contributed by atoms with Crippen LogP contribution in [0.4, 0.5) is 5.82 Å². The molecule has 1 saturated heterocycles. The average molecular weight is 638 g/mol. The summed E-state index contributed by atoms with van der Waals surface area (Å²) in [7, 11) is 4.02. The molecule has 0 spiro atoms. The molecular formula is C33H28ClN7O3S. The second-order valence-electron chi connectivity index (χ2n) is 11.0. The number of nitriles is 1. The Bertz CT molecular complexity index is 2150. The van der Waals surface area contributed by atoms with E-state index in [-0.39, 0.29) is 34.7 Å². The number of nitrogens with zero attached hydrogens (tertiary/aromatic N) is 7. The van der Waals surface area contributed by atoms with Crippen molar-refractivity contribution in [3.8, 4) is 29.0 Å². The molecule has 12 heteroatoms. The smallest absolute Gasteiger partial charge is 0.338 e. The van der Waals surface area contributed by atoms with Gasteiger partial charge >= 0.3 is 5.97 Å². The number of anilines is 1. The van der Waals surface area contributed by atoms with Gasteiger partial charge in [-0.3, -0.25) is 14.3 Å². The second-order valence-corrected chi connectivity index (χ2v) is 12.3. The Balaban J connectivity index is 1.38. The number of pyridine rings is 2. The third-order valence-electron chi connectivity index (χ3n) is 8.27. The number of fused-ring (bicyclic) bond motifs is 2. The number of aryl methyl sites for hydroxylation is 1. The van der Waals surface area contributed by atoms with E-state index < -0.39 is 5.97 Å². The summed E-state index contributed by atoms with van der Waals surface area (Å²) in [5, 5.41) is 22.1. The molecule has 1 aliphatic rings. The molecule has 0 saturated carbocycles. The van der Waals surface area contributed by atoms with Gasteiger partial charge in [0.25, 0.3) is 5.56 Å². The lowest BCUT2D eigenvalue weighted by molar-refractivity contribution is 0.0699. The molecule has 0 amide bonds. The van der Waals surface area contributed by atoms with Gasteiger partial charge in [0.1, 0.15) is 23.3 Å². The summed E-state index contributed by atoms with van der Waals surface area (Å²) in [5.41, 5.74) is 2.91. The average Bonchev–Trinajstić information content (AvgIpc) is 3.47. The molecule has 0 bridgehead atoms.